The molecule has 2 fully saturated rings. The molecule has 2 saturated carbocycles. The monoisotopic (exact) mass is 280 g/mol. The van der Waals surface area contributed by atoms with E-state index in [-0.39, 0.29) is 6.10 Å². The topological polar surface area (TPSA) is 20.2 Å². The van der Waals surface area contributed by atoms with Crippen molar-refractivity contribution in [2.45, 2.75) is 91.1 Å². The predicted octanol–water partition coefficient (Wildman–Crippen LogP) is 5.42. The van der Waals surface area contributed by atoms with Crippen molar-refractivity contribution in [1.29, 1.82) is 0 Å². The summed E-state index contributed by atoms with van der Waals surface area (Å²) >= 11 is 0. The number of hydrogen-bond acceptors (Lipinski definition) is 1. The lowest BCUT2D eigenvalue weighted by atomic mass is 9.60. The van der Waals surface area contributed by atoms with Crippen molar-refractivity contribution >= 4 is 0 Å². The maximum atomic E-state index is 9.96. The summed E-state index contributed by atoms with van der Waals surface area (Å²) in [6, 6.07) is 0. The smallest absolute Gasteiger partial charge is 0.0543 e. The molecule has 0 bridgehead atoms. The Morgan fingerprint density at radius 1 is 0.800 bits per heavy atom. The van der Waals surface area contributed by atoms with Gasteiger partial charge in [-0.15, -0.1) is 0 Å². The molecule has 0 saturated heterocycles. The largest absolute Gasteiger partial charge is 0.393 e. The summed E-state index contributed by atoms with van der Waals surface area (Å²) in [6.07, 6.45) is 13.3. The first-order valence-electron chi connectivity index (χ1n) is 9.37. The van der Waals surface area contributed by atoms with Gasteiger partial charge in [-0.1, -0.05) is 52.9 Å². The summed E-state index contributed by atoms with van der Waals surface area (Å²) in [6.45, 7) is 7.08. The molecule has 1 nitrogen and oxygen atoms in total. The third-order valence-electron chi connectivity index (χ3n) is 6.46. The summed E-state index contributed by atoms with van der Waals surface area (Å²) < 4.78 is 0. The maximum Gasteiger partial charge on any atom is 0.0543 e. The van der Waals surface area contributed by atoms with Crippen molar-refractivity contribution in [3.05, 3.63) is 0 Å². The minimum absolute atomic E-state index is 0.00675. The first kappa shape index (κ1) is 16.3. The van der Waals surface area contributed by atoms with E-state index in [0.29, 0.717) is 0 Å². The van der Waals surface area contributed by atoms with Gasteiger partial charge in [0.2, 0.25) is 0 Å². The van der Waals surface area contributed by atoms with Crippen LogP contribution in [0.5, 0.6) is 0 Å². The molecule has 118 valence electrons. The van der Waals surface area contributed by atoms with Crippen LogP contribution in [0, 0.1) is 29.6 Å². The Labute approximate surface area is 126 Å². The molecule has 1 N–H and O–H groups in total. The van der Waals surface area contributed by atoms with Gasteiger partial charge in [0.1, 0.15) is 0 Å². The van der Waals surface area contributed by atoms with E-state index in [2.05, 4.69) is 20.8 Å². The van der Waals surface area contributed by atoms with Crippen LogP contribution < -0.4 is 0 Å². The highest BCUT2D eigenvalue weighted by Crippen LogP contribution is 2.48. The lowest BCUT2D eigenvalue weighted by molar-refractivity contribution is 0.00752. The molecule has 1 heteroatoms. The van der Waals surface area contributed by atoms with Crippen LogP contribution in [0.25, 0.3) is 0 Å². The van der Waals surface area contributed by atoms with E-state index in [0.717, 1.165) is 42.4 Å². The average Bonchev–Trinajstić information content (AvgIpc) is 2.47. The van der Waals surface area contributed by atoms with E-state index in [1.165, 1.54) is 51.4 Å². The number of aliphatic hydroxyl groups excluding tert-OH is 1. The van der Waals surface area contributed by atoms with Crippen LogP contribution in [0.15, 0.2) is 0 Å². The maximum absolute atomic E-state index is 9.96. The zero-order chi connectivity index (χ0) is 14.5. The number of aliphatic hydroxyl groups is 1. The van der Waals surface area contributed by atoms with Crippen LogP contribution in [0.1, 0.15) is 85.0 Å². The normalized spacial score (nSPS) is 42.6. The summed E-state index contributed by atoms with van der Waals surface area (Å²) in [4.78, 5) is 0. The highest BCUT2D eigenvalue weighted by atomic mass is 16.3. The van der Waals surface area contributed by atoms with Gasteiger partial charge in [0.05, 0.1) is 6.10 Å². The summed E-state index contributed by atoms with van der Waals surface area (Å²) in [5.74, 6) is 4.65. The van der Waals surface area contributed by atoms with E-state index in [4.69, 9.17) is 0 Å². The van der Waals surface area contributed by atoms with Gasteiger partial charge in [-0.3, -0.25) is 0 Å². The second-order valence-corrected chi connectivity index (χ2v) is 7.60. The minimum Gasteiger partial charge on any atom is -0.393 e. The van der Waals surface area contributed by atoms with Crippen molar-refractivity contribution in [3.8, 4) is 0 Å². The Morgan fingerprint density at radius 2 is 1.40 bits per heavy atom. The summed E-state index contributed by atoms with van der Waals surface area (Å²) in [5, 5.41) is 9.96. The van der Waals surface area contributed by atoms with E-state index >= 15 is 0 Å². The molecular weight excluding hydrogens is 244 g/mol. The van der Waals surface area contributed by atoms with Crippen LogP contribution in [0.3, 0.4) is 0 Å². The van der Waals surface area contributed by atoms with E-state index in [1.807, 2.05) is 0 Å². The lowest BCUT2D eigenvalue weighted by Crippen LogP contribution is -2.38. The average molecular weight is 280 g/mol. The molecule has 6 unspecified atom stereocenters. The van der Waals surface area contributed by atoms with Gasteiger partial charge in [-0.05, 0) is 61.7 Å². The minimum atomic E-state index is -0.00675. The molecule has 0 aromatic heterocycles. The Bertz CT molecular complexity index is 275. The van der Waals surface area contributed by atoms with E-state index < -0.39 is 0 Å². The molecule has 0 heterocycles. The molecule has 0 spiro atoms. The van der Waals surface area contributed by atoms with Crippen molar-refractivity contribution in [2.24, 2.45) is 29.6 Å². The Hall–Kier alpha value is -0.0400. The molecule has 2 rings (SSSR count). The molecule has 0 aromatic rings. The second-order valence-electron chi connectivity index (χ2n) is 7.60. The fourth-order valence-electron chi connectivity index (χ4n) is 5.38. The predicted molar refractivity (Wildman–Crippen MR) is 86.6 cm³/mol. The van der Waals surface area contributed by atoms with Crippen molar-refractivity contribution < 1.29 is 5.11 Å². The third kappa shape index (κ3) is 3.78. The molecule has 2 aliphatic carbocycles. The van der Waals surface area contributed by atoms with Crippen molar-refractivity contribution in [1.82, 2.24) is 0 Å². The van der Waals surface area contributed by atoms with Gasteiger partial charge in [0.25, 0.3) is 0 Å². The Balaban J connectivity index is 1.99. The third-order valence-corrected chi connectivity index (χ3v) is 6.46. The van der Waals surface area contributed by atoms with Crippen molar-refractivity contribution in [3.63, 3.8) is 0 Å². The SMILES string of the molecule is CCCC1CCC(C2CCC(O)CC2CC)C(CC)C1. The first-order chi connectivity index (χ1) is 9.69. The number of hydrogen-bond donors (Lipinski definition) is 1. The lowest BCUT2D eigenvalue weighted by Gasteiger charge is -2.45. The van der Waals surface area contributed by atoms with Crippen LogP contribution in [0.4, 0.5) is 0 Å². The van der Waals surface area contributed by atoms with Gasteiger partial charge < -0.3 is 5.11 Å². The van der Waals surface area contributed by atoms with Crippen LogP contribution in [-0.2, 0) is 0 Å². The van der Waals surface area contributed by atoms with Crippen LogP contribution in [0.2, 0.25) is 0 Å². The fourth-order valence-corrected chi connectivity index (χ4v) is 5.38. The van der Waals surface area contributed by atoms with Gasteiger partial charge in [0.15, 0.2) is 0 Å². The second kappa shape index (κ2) is 7.82. The highest BCUT2D eigenvalue weighted by Gasteiger charge is 2.39. The van der Waals surface area contributed by atoms with E-state index in [1.54, 1.807) is 0 Å². The van der Waals surface area contributed by atoms with Gasteiger partial charge in [-0.2, -0.15) is 0 Å². The zero-order valence-electron chi connectivity index (χ0n) is 14.0. The van der Waals surface area contributed by atoms with Gasteiger partial charge in [0, 0.05) is 0 Å². The molecule has 0 aromatic carbocycles. The molecular formula is C19H36O. The molecule has 0 radical (unpaired) electrons. The Kier molecular flexibility index (Phi) is 6.39. The Morgan fingerprint density at radius 3 is 2.00 bits per heavy atom. The summed E-state index contributed by atoms with van der Waals surface area (Å²) in [7, 11) is 0. The van der Waals surface area contributed by atoms with Gasteiger partial charge in [-0.25, -0.2) is 0 Å². The first-order valence-corrected chi connectivity index (χ1v) is 9.37. The number of rotatable bonds is 5. The molecule has 20 heavy (non-hydrogen) atoms. The summed E-state index contributed by atoms with van der Waals surface area (Å²) in [5.41, 5.74) is 0. The van der Waals surface area contributed by atoms with Crippen LogP contribution >= 0.6 is 0 Å². The molecule has 2 aliphatic rings. The van der Waals surface area contributed by atoms with Gasteiger partial charge >= 0.3 is 0 Å². The standard InChI is InChI=1S/C19H36O/c1-4-7-14-8-10-18(15(5-2)12-14)19-11-9-17(20)13-16(19)6-3/h14-20H,4-13H2,1-3H3. The molecule has 6 atom stereocenters. The van der Waals surface area contributed by atoms with Crippen molar-refractivity contribution in [2.75, 3.05) is 0 Å². The highest BCUT2D eigenvalue weighted by molar-refractivity contribution is 4.89. The van der Waals surface area contributed by atoms with Crippen LogP contribution in [-0.4, -0.2) is 11.2 Å². The van der Waals surface area contributed by atoms with E-state index in [9.17, 15) is 5.11 Å². The fraction of sp³-hybridized carbons (Fsp3) is 1.00. The zero-order valence-corrected chi connectivity index (χ0v) is 14.0. The molecule has 0 aliphatic heterocycles. The molecule has 0 amide bonds. The quantitative estimate of drug-likeness (QED) is 0.713.